The molecule has 0 radical (unpaired) electrons. The van der Waals surface area contributed by atoms with E-state index in [0.717, 1.165) is 37.4 Å². The summed E-state index contributed by atoms with van der Waals surface area (Å²) < 4.78 is 2.08. The Hall–Kier alpha value is -0.940. The Morgan fingerprint density at radius 1 is 1.39 bits per heavy atom. The highest BCUT2D eigenvalue weighted by Crippen LogP contribution is 2.24. The summed E-state index contributed by atoms with van der Waals surface area (Å²) in [4.78, 5) is 8.28. The number of hydrogen-bond donors (Lipinski definition) is 0. The molecule has 1 aliphatic heterocycles. The summed E-state index contributed by atoms with van der Waals surface area (Å²) in [6, 6.07) is 0. The number of likely N-dealkylation sites (N-methyl/N-ethyl adjacent to an activating group) is 1. The first-order valence-electron chi connectivity index (χ1n) is 6.76. The third-order valence-corrected chi connectivity index (χ3v) is 4.42. The van der Waals surface area contributed by atoms with Gasteiger partial charge < -0.3 is 0 Å². The zero-order valence-corrected chi connectivity index (χ0v) is 12.1. The van der Waals surface area contributed by atoms with Crippen LogP contribution in [-0.2, 0) is 19.4 Å². The first kappa shape index (κ1) is 12.1. The van der Waals surface area contributed by atoms with Crippen LogP contribution in [0.15, 0.2) is 0 Å². The Morgan fingerprint density at radius 3 is 2.94 bits per heavy atom. The third-order valence-electron chi connectivity index (χ3n) is 3.49. The smallest absolute Gasteiger partial charge is 0.212 e. The summed E-state index contributed by atoms with van der Waals surface area (Å²) in [6.07, 6.45) is 2.12. The average molecular weight is 264 g/mol. The number of aromatic nitrogens is 3. The van der Waals surface area contributed by atoms with Crippen LogP contribution in [0.1, 0.15) is 37.2 Å². The summed E-state index contributed by atoms with van der Waals surface area (Å²) in [5.74, 6) is 0.656. The lowest BCUT2D eigenvalue weighted by Gasteiger charge is -2.24. The van der Waals surface area contributed by atoms with Gasteiger partial charge in [-0.2, -0.15) is 5.10 Å². The van der Waals surface area contributed by atoms with E-state index in [0.29, 0.717) is 5.92 Å². The highest BCUT2D eigenvalue weighted by molar-refractivity contribution is 7.16. The van der Waals surface area contributed by atoms with Gasteiger partial charge in [0.15, 0.2) is 0 Å². The predicted molar refractivity (Wildman–Crippen MR) is 74.1 cm³/mol. The van der Waals surface area contributed by atoms with Gasteiger partial charge in [0.1, 0.15) is 5.01 Å². The summed E-state index contributed by atoms with van der Waals surface area (Å²) in [5.41, 5.74) is 2.57. The first-order valence-corrected chi connectivity index (χ1v) is 7.57. The van der Waals surface area contributed by atoms with Crippen LogP contribution in [0.2, 0.25) is 0 Å². The Kier molecular flexibility index (Phi) is 3.11. The van der Waals surface area contributed by atoms with E-state index < -0.39 is 0 Å². The fourth-order valence-electron chi connectivity index (χ4n) is 2.49. The number of rotatable bonds is 3. The predicted octanol–water partition coefficient (Wildman–Crippen LogP) is 2.37. The summed E-state index contributed by atoms with van der Waals surface area (Å²) in [5, 5.41) is 5.95. The van der Waals surface area contributed by atoms with Crippen molar-refractivity contribution in [3.05, 3.63) is 16.4 Å². The molecule has 0 bridgehead atoms. The van der Waals surface area contributed by atoms with E-state index in [-0.39, 0.29) is 0 Å². The molecule has 3 heterocycles. The Morgan fingerprint density at radius 2 is 2.22 bits per heavy atom. The van der Waals surface area contributed by atoms with E-state index >= 15 is 0 Å². The maximum Gasteiger partial charge on any atom is 0.212 e. The maximum atomic E-state index is 4.74. The quantitative estimate of drug-likeness (QED) is 0.853. The summed E-state index contributed by atoms with van der Waals surface area (Å²) in [6.45, 7) is 9.92. The second-order valence-electron chi connectivity index (χ2n) is 5.41. The summed E-state index contributed by atoms with van der Waals surface area (Å²) in [7, 11) is 0. The van der Waals surface area contributed by atoms with Crippen LogP contribution in [0.25, 0.3) is 4.96 Å². The first-order chi connectivity index (χ1) is 8.67. The van der Waals surface area contributed by atoms with Crippen LogP contribution in [0.3, 0.4) is 0 Å². The Labute approximate surface area is 112 Å². The summed E-state index contributed by atoms with van der Waals surface area (Å²) >= 11 is 1.75. The van der Waals surface area contributed by atoms with Crippen molar-refractivity contribution in [3.63, 3.8) is 0 Å². The largest absolute Gasteiger partial charge is 0.297 e. The van der Waals surface area contributed by atoms with E-state index in [9.17, 15) is 0 Å². The molecule has 0 atom stereocenters. The minimum atomic E-state index is 0.656. The molecule has 0 unspecified atom stereocenters. The second kappa shape index (κ2) is 4.63. The third kappa shape index (κ3) is 2.06. The van der Waals surface area contributed by atoms with E-state index in [1.165, 1.54) is 16.4 Å². The normalized spacial score (nSPS) is 16.7. The number of imidazole rings is 1. The highest BCUT2D eigenvalue weighted by atomic mass is 32.1. The second-order valence-corrected chi connectivity index (χ2v) is 6.45. The molecule has 0 saturated carbocycles. The molecule has 0 fully saturated rings. The van der Waals surface area contributed by atoms with Gasteiger partial charge in [-0.3, -0.25) is 4.90 Å². The molecule has 5 heteroatoms. The van der Waals surface area contributed by atoms with Crippen LogP contribution >= 0.6 is 11.3 Å². The molecule has 0 N–H and O–H groups in total. The van der Waals surface area contributed by atoms with Crippen molar-refractivity contribution in [3.8, 4) is 0 Å². The van der Waals surface area contributed by atoms with Gasteiger partial charge in [0.05, 0.1) is 11.4 Å². The zero-order chi connectivity index (χ0) is 12.7. The van der Waals surface area contributed by atoms with E-state index in [1.54, 1.807) is 11.3 Å². The maximum absolute atomic E-state index is 4.74. The van der Waals surface area contributed by atoms with Gasteiger partial charge in [-0.15, -0.1) is 0 Å². The van der Waals surface area contributed by atoms with Crippen LogP contribution in [-0.4, -0.2) is 32.6 Å². The minimum Gasteiger partial charge on any atom is -0.297 e. The van der Waals surface area contributed by atoms with Crippen molar-refractivity contribution in [2.24, 2.45) is 5.92 Å². The monoisotopic (exact) mass is 264 g/mol. The van der Waals surface area contributed by atoms with Gasteiger partial charge in [-0.05, 0) is 12.5 Å². The molecule has 0 saturated heterocycles. The van der Waals surface area contributed by atoms with Gasteiger partial charge in [0.25, 0.3) is 0 Å². The lowest BCUT2D eigenvalue weighted by atomic mass is 10.1. The van der Waals surface area contributed by atoms with Gasteiger partial charge in [-0.25, -0.2) is 9.50 Å². The Bertz CT molecular complexity index is 555. The molecule has 3 rings (SSSR count). The number of hydrogen-bond acceptors (Lipinski definition) is 4. The highest BCUT2D eigenvalue weighted by Gasteiger charge is 2.22. The molecule has 2 aromatic heterocycles. The fraction of sp³-hybridized carbons (Fsp3) is 0.692. The van der Waals surface area contributed by atoms with Crippen molar-refractivity contribution in [2.75, 3.05) is 13.1 Å². The number of nitrogens with zero attached hydrogens (tertiary/aromatic N) is 4. The van der Waals surface area contributed by atoms with Gasteiger partial charge >= 0.3 is 0 Å². The molecule has 1 aliphatic rings. The van der Waals surface area contributed by atoms with E-state index in [4.69, 9.17) is 10.1 Å². The van der Waals surface area contributed by atoms with Gasteiger partial charge in [0, 0.05) is 25.9 Å². The molecule has 98 valence electrons. The molecule has 18 heavy (non-hydrogen) atoms. The topological polar surface area (TPSA) is 33.4 Å². The molecular weight excluding hydrogens is 244 g/mol. The van der Waals surface area contributed by atoms with Crippen LogP contribution in [0, 0.1) is 5.92 Å². The fourth-order valence-corrected chi connectivity index (χ4v) is 3.63. The molecule has 2 aromatic rings. The standard InChI is InChI=1S/C13H20N4S/c1-4-16-6-5-10-11(8-16)17-13(14-10)18-12(15-17)7-9(2)3/h9H,4-8H2,1-3H3. The molecule has 0 amide bonds. The SMILES string of the molecule is CCN1CCc2nc3sc(CC(C)C)nn3c2C1. The van der Waals surface area contributed by atoms with Crippen molar-refractivity contribution in [1.29, 1.82) is 0 Å². The van der Waals surface area contributed by atoms with Gasteiger partial charge in [0.2, 0.25) is 4.96 Å². The van der Waals surface area contributed by atoms with Crippen molar-refractivity contribution >= 4 is 16.3 Å². The molecular formula is C13H20N4S. The van der Waals surface area contributed by atoms with Crippen LogP contribution in [0.4, 0.5) is 0 Å². The average Bonchev–Trinajstić information content (AvgIpc) is 2.84. The molecule has 0 aliphatic carbocycles. The van der Waals surface area contributed by atoms with E-state index in [2.05, 4.69) is 30.2 Å². The van der Waals surface area contributed by atoms with Crippen molar-refractivity contribution in [2.45, 2.75) is 40.2 Å². The number of fused-ring (bicyclic) bond motifs is 3. The van der Waals surface area contributed by atoms with Crippen molar-refractivity contribution in [1.82, 2.24) is 19.5 Å². The molecule has 0 aromatic carbocycles. The van der Waals surface area contributed by atoms with Crippen LogP contribution < -0.4 is 0 Å². The van der Waals surface area contributed by atoms with E-state index in [1.807, 2.05) is 0 Å². The zero-order valence-electron chi connectivity index (χ0n) is 11.3. The van der Waals surface area contributed by atoms with Crippen LogP contribution in [0.5, 0.6) is 0 Å². The van der Waals surface area contributed by atoms with Gasteiger partial charge in [-0.1, -0.05) is 32.1 Å². The molecule has 4 nitrogen and oxygen atoms in total. The minimum absolute atomic E-state index is 0.656. The van der Waals surface area contributed by atoms with Crippen molar-refractivity contribution < 1.29 is 0 Å². The Balaban J connectivity index is 1.96. The molecule has 0 spiro atoms. The lowest BCUT2D eigenvalue weighted by molar-refractivity contribution is 0.261. The lowest BCUT2D eigenvalue weighted by Crippen LogP contribution is -2.30.